The van der Waals surface area contributed by atoms with Crippen molar-refractivity contribution in [3.05, 3.63) is 57.3 Å². The van der Waals surface area contributed by atoms with Crippen LogP contribution in [-0.2, 0) is 6.42 Å². The van der Waals surface area contributed by atoms with E-state index in [4.69, 9.17) is 0 Å². The number of thiophene rings is 1. The lowest BCUT2D eigenvalue weighted by molar-refractivity contribution is 0.164. The van der Waals surface area contributed by atoms with E-state index in [0.29, 0.717) is 0 Å². The summed E-state index contributed by atoms with van der Waals surface area (Å²) in [4.78, 5) is 1.41. The Morgan fingerprint density at radius 3 is 2.72 bits per heavy atom. The van der Waals surface area contributed by atoms with Crippen LogP contribution >= 0.6 is 11.3 Å². The Bertz CT molecular complexity index is 488. The first-order chi connectivity index (χ1) is 8.68. The zero-order valence-electron chi connectivity index (χ0n) is 11.0. The topological polar surface area (TPSA) is 20.2 Å². The summed E-state index contributed by atoms with van der Waals surface area (Å²) in [5, 5.41) is 12.4. The Balaban J connectivity index is 1.91. The van der Waals surface area contributed by atoms with Gasteiger partial charge in [0.1, 0.15) is 0 Å². The molecule has 0 radical (unpaired) electrons. The van der Waals surface area contributed by atoms with Gasteiger partial charge in [-0.25, -0.2) is 0 Å². The third kappa shape index (κ3) is 3.21. The van der Waals surface area contributed by atoms with Gasteiger partial charge in [-0.2, -0.15) is 0 Å². The monoisotopic (exact) mass is 260 g/mol. The van der Waals surface area contributed by atoms with Gasteiger partial charge in [0.15, 0.2) is 0 Å². The molecule has 0 aliphatic carbocycles. The number of aryl methyl sites for hydroxylation is 2. The van der Waals surface area contributed by atoms with Crippen LogP contribution in [0.2, 0.25) is 0 Å². The maximum absolute atomic E-state index is 10.3. The van der Waals surface area contributed by atoms with Crippen molar-refractivity contribution in [2.75, 3.05) is 0 Å². The van der Waals surface area contributed by atoms with E-state index in [1.54, 1.807) is 11.3 Å². The minimum Gasteiger partial charge on any atom is -0.388 e. The summed E-state index contributed by atoms with van der Waals surface area (Å²) in [6.45, 7) is 4.18. The van der Waals surface area contributed by atoms with E-state index in [0.717, 1.165) is 24.8 Å². The minimum atomic E-state index is -0.329. The second-order valence-corrected chi connectivity index (χ2v) is 5.81. The van der Waals surface area contributed by atoms with Crippen molar-refractivity contribution in [3.63, 3.8) is 0 Å². The molecule has 1 unspecified atom stereocenters. The number of benzene rings is 1. The van der Waals surface area contributed by atoms with Gasteiger partial charge in [0.25, 0.3) is 0 Å². The summed E-state index contributed by atoms with van der Waals surface area (Å²) >= 11 is 1.79. The molecule has 2 heteroatoms. The molecular formula is C16H20OS. The van der Waals surface area contributed by atoms with Gasteiger partial charge in [-0.1, -0.05) is 24.3 Å². The van der Waals surface area contributed by atoms with E-state index >= 15 is 0 Å². The Kier molecular flexibility index (Phi) is 4.56. The van der Waals surface area contributed by atoms with Gasteiger partial charge in [-0.05, 0) is 61.2 Å². The third-order valence-electron chi connectivity index (χ3n) is 3.49. The first-order valence-corrected chi connectivity index (χ1v) is 7.33. The molecule has 0 saturated heterocycles. The molecule has 1 N–H and O–H groups in total. The van der Waals surface area contributed by atoms with Crippen LogP contribution in [0.1, 0.15) is 40.5 Å². The number of hydrogen-bond donors (Lipinski definition) is 1. The summed E-state index contributed by atoms with van der Waals surface area (Å²) in [5.74, 6) is 0. The molecule has 1 heterocycles. The van der Waals surface area contributed by atoms with Crippen molar-refractivity contribution in [2.24, 2.45) is 0 Å². The van der Waals surface area contributed by atoms with Crippen molar-refractivity contribution in [1.82, 2.24) is 0 Å². The lowest BCUT2D eigenvalue weighted by Crippen LogP contribution is -2.01. The van der Waals surface area contributed by atoms with Gasteiger partial charge >= 0.3 is 0 Å². The van der Waals surface area contributed by atoms with E-state index in [1.165, 1.54) is 16.0 Å². The third-order valence-corrected chi connectivity index (χ3v) is 4.42. The van der Waals surface area contributed by atoms with Gasteiger partial charge in [-0.3, -0.25) is 0 Å². The summed E-state index contributed by atoms with van der Waals surface area (Å²) in [7, 11) is 0. The molecule has 2 aromatic rings. The Labute approximate surface area is 113 Å². The Hall–Kier alpha value is -1.12. The average molecular weight is 260 g/mol. The van der Waals surface area contributed by atoms with Crippen molar-refractivity contribution in [2.45, 2.75) is 39.2 Å². The molecule has 0 bridgehead atoms. The first-order valence-electron chi connectivity index (χ1n) is 6.45. The van der Waals surface area contributed by atoms with Gasteiger partial charge in [0.2, 0.25) is 0 Å². The second-order valence-electron chi connectivity index (χ2n) is 4.78. The van der Waals surface area contributed by atoms with E-state index < -0.39 is 0 Å². The number of hydrogen-bond acceptors (Lipinski definition) is 2. The normalized spacial score (nSPS) is 12.6. The maximum Gasteiger partial charge on any atom is 0.0792 e. The molecule has 0 saturated carbocycles. The van der Waals surface area contributed by atoms with E-state index in [-0.39, 0.29) is 6.10 Å². The van der Waals surface area contributed by atoms with Crippen molar-refractivity contribution in [1.29, 1.82) is 0 Å². The van der Waals surface area contributed by atoms with Crippen LogP contribution in [0, 0.1) is 13.8 Å². The largest absolute Gasteiger partial charge is 0.388 e. The second kappa shape index (κ2) is 6.17. The Morgan fingerprint density at radius 2 is 2.00 bits per heavy atom. The Morgan fingerprint density at radius 1 is 1.17 bits per heavy atom. The van der Waals surface area contributed by atoms with Crippen LogP contribution in [0.15, 0.2) is 35.7 Å². The number of rotatable bonds is 5. The highest BCUT2D eigenvalue weighted by atomic mass is 32.1. The van der Waals surface area contributed by atoms with Gasteiger partial charge in [0.05, 0.1) is 6.10 Å². The lowest BCUT2D eigenvalue weighted by atomic mass is 9.96. The van der Waals surface area contributed by atoms with Crippen LogP contribution in [0.25, 0.3) is 0 Å². The average Bonchev–Trinajstić information content (AvgIpc) is 2.85. The van der Waals surface area contributed by atoms with Crippen LogP contribution in [0.3, 0.4) is 0 Å². The van der Waals surface area contributed by atoms with Crippen molar-refractivity contribution in [3.8, 4) is 0 Å². The molecule has 0 spiro atoms. The van der Waals surface area contributed by atoms with Crippen LogP contribution < -0.4 is 0 Å². The molecule has 1 nitrogen and oxygen atoms in total. The highest BCUT2D eigenvalue weighted by Crippen LogP contribution is 2.25. The summed E-state index contributed by atoms with van der Waals surface area (Å²) in [6, 6.07) is 10.4. The molecule has 2 rings (SSSR count). The van der Waals surface area contributed by atoms with Gasteiger partial charge in [0, 0.05) is 4.88 Å². The number of aliphatic hydroxyl groups is 1. The van der Waals surface area contributed by atoms with E-state index in [1.807, 2.05) is 12.1 Å². The van der Waals surface area contributed by atoms with Crippen molar-refractivity contribution >= 4 is 11.3 Å². The van der Waals surface area contributed by atoms with Crippen molar-refractivity contribution < 1.29 is 5.11 Å². The molecule has 18 heavy (non-hydrogen) atoms. The van der Waals surface area contributed by atoms with Crippen LogP contribution in [-0.4, -0.2) is 5.11 Å². The van der Waals surface area contributed by atoms with Gasteiger partial charge < -0.3 is 5.11 Å². The standard InChI is InChI=1S/C16H20OS/c1-12-6-3-9-15(13(12)2)16(17)10-4-7-14-8-5-11-18-14/h3,5-6,8-9,11,16-17H,4,7,10H2,1-2H3. The highest BCUT2D eigenvalue weighted by Gasteiger charge is 2.11. The summed E-state index contributed by atoms with van der Waals surface area (Å²) in [6.07, 6.45) is 2.61. The fourth-order valence-corrected chi connectivity index (χ4v) is 2.97. The first kappa shape index (κ1) is 13.3. The minimum absolute atomic E-state index is 0.329. The maximum atomic E-state index is 10.3. The molecule has 1 atom stereocenters. The molecule has 0 fully saturated rings. The fourth-order valence-electron chi connectivity index (χ4n) is 2.21. The van der Waals surface area contributed by atoms with Crippen LogP contribution in [0.5, 0.6) is 0 Å². The number of aliphatic hydroxyl groups excluding tert-OH is 1. The SMILES string of the molecule is Cc1cccc(C(O)CCCc2cccs2)c1C. The molecule has 0 aliphatic heterocycles. The quantitative estimate of drug-likeness (QED) is 0.843. The van der Waals surface area contributed by atoms with Gasteiger partial charge in [-0.15, -0.1) is 11.3 Å². The molecule has 1 aromatic heterocycles. The molecule has 0 aliphatic rings. The molecule has 0 amide bonds. The van der Waals surface area contributed by atoms with E-state index in [2.05, 4.69) is 37.4 Å². The van der Waals surface area contributed by atoms with Crippen LogP contribution in [0.4, 0.5) is 0 Å². The smallest absolute Gasteiger partial charge is 0.0792 e. The molecular weight excluding hydrogens is 240 g/mol. The predicted molar refractivity (Wildman–Crippen MR) is 78.1 cm³/mol. The zero-order chi connectivity index (χ0) is 13.0. The summed E-state index contributed by atoms with van der Waals surface area (Å²) < 4.78 is 0. The highest BCUT2D eigenvalue weighted by molar-refractivity contribution is 7.09. The summed E-state index contributed by atoms with van der Waals surface area (Å²) in [5.41, 5.74) is 3.56. The molecule has 1 aromatic carbocycles. The molecule has 96 valence electrons. The zero-order valence-corrected chi connectivity index (χ0v) is 11.8. The van der Waals surface area contributed by atoms with E-state index in [9.17, 15) is 5.11 Å². The fraction of sp³-hybridized carbons (Fsp3) is 0.375. The lowest BCUT2D eigenvalue weighted by Gasteiger charge is -2.15. The predicted octanol–water partition coefficient (Wildman–Crippen LogP) is 4.42.